The Hall–Kier alpha value is -4.03. The number of hydrogen-bond acceptors (Lipinski definition) is 4. The maximum Gasteiger partial charge on any atom is 0.269 e. The SMILES string of the molecule is O=[N+]([O-])c1ccc(S(=O)(=O)N2Cc3ccc4c(c3)c3cc(Br)ccc3n4CCCn3c4ccc(Br)cc4c4cc(ccc43)C2)cc1. The highest BCUT2D eigenvalue weighted by Gasteiger charge is 2.27. The van der Waals surface area contributed by atoms with Gasteiger partial charge in [0.15, 0.2) is 0 Å². The number of non-ortho nitro benzene ring substituents is 1. The van der Waals surface area contributed by atoms with Crippen LogP contribution in [0.25, 0.3) is 43.6 Å². The number of hydrogen-bond donors (Lipinski definition) is 0. The predicted octanol–water partition coefficient (Wildman–Crippen LogP) is 9.13. The third-order valence-electron chi connectivity index (χ3n) is 8.95. The molecular formula is C35H26Br2N4O4S. The fraction of sp³-hybridized carbons (Fsp3) is 0.143. The van der Waals surface area contributed by atoms with Gasteiger partial charge in [-0.1, -0.05) is 44.0 Å². The van der Waals surface area contributed by atoms with Crippen LogP contribution in [0.4, 0.5) is 5.69 Å². The van der Waals surface area contributed by atoms with Gasteiger partial charge < -0.3 is 9.13 Å². The lowest BCUT2D eigenvalue weighted by molar-refractivity contribution is -0.384. The molecule has 0 saturated heterocycles. The molecule has 0 spiro atoms. The van der Waals surface area contributed by atoms with Gasteiger partial charge >= 0.3 is 0 Å². The van der Waals surface area contributed by atoms with E-state index in [1.54, 1.807) is 0 Å². The fourth-order valence-electron chi connectivity index (χ4n) is 6.83. The molecule has 0 N–H and O–H groups in total. The molecule has 0 radical (unpaired) electrons. The van der Waals surface area contributed by atoms with Crippen molar-refractivity contribution in [2.75, 3.05) is 0 Å². The fourth-order valence-corrected chi connectivity index (χ4v) is 8.97. The number of aryl methyl sites for hydroxylation is 2. The number of nitro benzene ring substituents is 1. The van der Waals surface area contributed by atoms with E-state index < -0.39 is 14.9 Å². The van der Waals surface area contributed by atoms with E-state index >= 15 is 0 Å². The van der Waals surface area contributed by atoms with Crippen LogP contribution in [0.1, 0.15) is 17.5 Å². The molecule has 230 valence electrons. The minimum atomic E-state index is -4.04. The number of halogens is 2. The lowest BCUT2D eigenvalue weighted by Crippen LogP contribution is -2.30. The number of benzene rings is 5. The van der Waals surface area contributed by atoms with Gasteiger partial charge in [0.1, 0.15) is 0 Å². The zero-order chi connectivity index (χ0) is 31.7. The molecule has 0 fully saturated rings. The molecule has 0 saturated carbocycles. The van der Waals surface area contributed by atoms with E-state index in [4.69, 9.17) is 0 Å². The molecule has 0 aliphatic carbocycles. The average Bonchev–Trinajstić information content (AvgIpc) is 3.51. The van der Waals surface area contributed by atoms with Crippen LogP contribution in [-0.2, 0) is 36.2 Å². The van der Waals surface area contributed by atoms with E-state index in [0.29, 0.717) is 0 Å². The predicted molar refractivity (Wildman–Crippen MR) is 188 cm³/mol. The van der Waals surface area contributed by atoms with Crippen LogP contribution in [0, 0.1) is 10.1 Å². The first-order chi connectivity index (χ1) is 22.2. The Morgan fingerprint density at radius 2 is 1.04 bits per heavy atom. The highest BCUT2D eigenvalue weighted by atomic mass is 79.9. The largest absolute Gasteiger partial charge is 0.340 e. The molecule has 8 bridgehead atoms. The second-order valence-electron chi connectivity index (χ2n) is 11.7. The van der Waals surface area contributed by atoms with E-state index in [-0.39, 0.29) is 23.7 Å². The summed E-state index contributed by atoms with van der Waals surface area (Å²) in [5.41, 5.74) is 6.01. The van der Waals surface area contributed by atoms with Crippen molar-refractivity contribution in [3.63, 3.8) is 0 Å². The number of aromatic nitrogens is 2. The van der Waals surface area contributed by atoms with Gasteiger partial charge in [-0.15, -0.1) is 0 Å². The molecule has 0 amide bonds. The van der Waals surface area contributed by atoms with Gasteiger partial charge in [0, 0.05) is 90.9 Å². The van der Waals surface area contributed by atoms with Crippen molar-refractivity contribution < 1.29 is 13.3 Å². The molecular weight excluding hydrogens is 732 g/mol. The third kappa shape index (κ3) is 4.84. The van der Waals surface area contributed by atoms with Crippen LogP contribution in [0.15, 0.2) is 111 Å². The maximum absolute atomic E-state index is 14.3. The Labute approximate surface area is 281 Å². The van der Waals surface area contributed by atoms with Crippen molar-refractivity contribution >= 4 is 91.2 Å². The molecule has 4 aliphatic heterocycles. The summed E-state index contributed by atoms with van der Waals surface area (Å²) < 4.78 is 36.7. The topological polar surface area (TPSA) is 90.4 Å². The second kappa shape index (κ2) is 11.0. The molecule has 46 heavy (non-hydrogen) atoms. The van der Waals surface area contributed by atoms with Crippen molar-refractivity contribution in [1.29, 1.82) is 0 Å². The van der Waals surface area contributed by atoms with Gasteiger partial charge in [-0.2, -0.15) is 4.31 Å². The van der Waals surface area contributed by atoms with Crippen LogP contribution < -0.4 is 0 Å². The summed E-state index contributed by atoms with van der Waals surface area (Å²) in [6.07, 6.45) is 0.925. The van der Waals surface area contributed by atoms with E-state index in [1.807, 2.05) is 12.1 Å². The molecule has 6 heterocycles. The zero-order valence-corrected chi connectivity index (χ0v) is 28.3. The van der Waals surface area contributed by atoms with Crippen molar-refractivity contribution in [3.8, 4) is 0 Å². The zero-order valence-electron chi connectivity index (χ0n) is 24.4. The van der Waals surface area contributed by atoms with Crippen LogP contribution >= 0.6 is 31.9 Å². The normalized spacial score (nSPS) is 14.6. The van der Waals surface area contributed by atoms with Gasteiger partial charge in [0.25, 0.3) is 5.69 Å². The average molecular weight is 758 g/mol. The molecule has 5 aromatic carbocycles. The van der Waals surface area contributed by atoms with Crippen LogP contribution in [-0.4, -0.2) is 26.8 Å². The molecule has 2 aromatic heterocycles. The Morgan fingerprint density at radius 1 is 0.609 bits per heavy atom. The quantitative estimate of drug-likeness (QED) is 0.133. The monoisotopic (exact) mass is 756 g/mol. The number of rotatable bonds is 3. The van der Waals surface area contributed by atoms with E-state index in [9.17, 15) is 18.5 Å². The lowest BCUT2D eigenvalue weighted by atomic mass is 10.1. The summed E-state index contributed by atoms with van der Waals surface area (Å²) in [7, 11) is -4.04. The summed E-state index contributed by atoms with van der Waals surface area (Å²) in [6, 6.07) is 30.1. The van der Waals surface area contributed by atoms with Gasteiger partial charge in [-0.3, -0.25) is 10.1 Å². The Balaban J connectivity index is 1.35. The summed E-state index contributed by atoms with van der Waals surface area (Å²) in [6.45, 7) is 1.89. The first-order valence-corrected chi connectivity index (χ1v) is 17.9. The molecule has 11 heteroatoms. The Morgan fingerprint density at radius 3 is 1.50 bits per heavy atom. The van der Waals surface area contributed by atoms with Crippen molar-refractivity contribution in [2.24, 2.45) is 0 Å². The smallest absolute Gasteiger partial charge is 0.269 e. The second-order valence-corrected chi connectivity index (χ2v) is 15.5. The van der Waals surface area contributed by atoms with Gasteiger partial charge in [0.05, 0.1) is 9.82 Å². The molecule has 0 atom stereocenters. The minimum absolute atomic E-state index is 0.00993. The molecule has 4 aliphatic rings. The van der Waals surface area contributed by atoms with E-state index in [2.05, 4.69) is 102 Å². The number of fused-ring (bicyclic) bond motifs is 2. The summed E-state index contributed by atoms with van der Waals surface area (Å²) >= 11 is 7.30. The Bertz CT molecular complexity index is 2360. The molecule has 11 rings (SSSR count). The van der Waals surface area contributed by atoms with Gasteiger partial charge in [-0.05, 0) is 90.3 Å². The molecule has 7 aromatic rings. The van der Waals surface area contributed by atoms with Crippen LogP contribution in [0.5, 0.6) is 0 Å². The number of nitro groups is 1. The van der Waals surface area contributed by atoms with Gasteiger partial charge in [-0.25, -0.2) is 8.42 Å². The molecule has 0 unspecified atom stereocenters. The van der Waals surface area contributed by atoms with Gasteiger partial charge in [0.2, 0.25) is 10.0 Å². The van der Waals surface area contributed by atoms with Crippen molar-refractivity contribution in [3.05, 3.63) is 127 Å². The highest BCUT2D eigenvalue weighted by Crippen LogP contribution is 2.36. The first-order valence-electron chi connectivity index (χ1n) is 14.8. The number of sulfonamides is 1. The highest BCUT2D eigenvalue weighted by molar-refractivity contribution is 9.10. The van der Waals surface area contributed by atoms with E-state index in [0.717, 1.165) is 83.2 Å². The number of nitrogens with zero attached hydrogens (tertiary/aromatic N) is 4. The van der Waals surface area contributed by atoms with Crippen molar-refractivity contribution in [2.45, 2.75) is 37.5 Å². The van der Waals surface area contributed by atoms with Crippen LogP contribution in [0.3, 0.4) is 0 Å². The Kier molecular flexibility index (Phi) is 7.06. The van der Waals surface area contributed by atoms with Crippen LogP contribution in [0.2, 0.25) is 0 Å². The summed E-state index contributed by atoms with van der Waals surface area (Å²) in [4.78, 5) is 10.8. The summed E-state index contributed by atoms with van der Waals surface area (Å²) in [5.74, 6) is 0. The lowest BCUT2D eigenvalue weighted by Gasteiger charge is -2.23. The third-order valence-corrected chi connectivity index (χ3v) is 11.7. The molecule has 8 nitrogen and oxygen atoms in total. The van der Waals surface area contributed by atoms with E-state index in [1.165, 1.54) is 28.6 Å². The summed E-state index contributed by atoms with van der Waals surface area (Å²) in [5, 5.41) is 15.6. The minimum Gasteiger partial charge on any atom is -0.340 e. The maximum atomic E-state index is 14.3. The standard InChI is InChI=1S/C35H26Br2N4O4S/c36-24-4-12-34-30(18-24)28-16-22-2-10-32(28)39(34)14-1-15-40-33-11-3-23(17-29(33)31-19-25(37)5-13-35(31)40)21-38(20-22)46(44,45)27-8-6-26(7-9-27)41(42)43/h2-13,16-19H,1,14-15,20-21H2. The van der Waals surface area contributed by atoms with Crippen molar-refractivity contribution in [1.82, 2.24) is 13.4 Å². The first kappa shape index (κ1) is 29.4.